The van der Waals surface area contributed by atoms with E-state index >= 15 is 0 Å². The number of thioether (sulfide) groups is 1. The maximum absolute atomic E-state index is 12.4. The van der Waals surface area contributed by atoms with Crippen molar-refractivity contribution in [2.45, 2.75) is 19.3 Å². The van der Waals surface area contributed by atoms with E-state index in [1.807, 2.05) is 59.1 Å². The molecule has 2 amide bonds. The van der Waals surface area contributed by atoms with Crippen LogP contribution >= 0.6 is 11.8 Å². The molecule has 160 valence electrons. The molecule has 1 aliphatic rings. The number of ether oxygens (including phenoxy) is 2. The number of hydrogen-bond donors (Lipinski definition) is 1. The molecular weight excluding hydrogens is 400 g/mol. The van der Waals surface area contributed by atoms with Gasteiger partial charge in [-0.15, -0.1) is 0 Å². The van der Waals surface area contributed by atoms with E-state index in [0.29, 0.717) is 30.8 Å². The third-order valence-corrected chi connectivity index (χ3v) is 6.01. The van der Waals surface area contributed by atoms with Crippen LogP contribution in [-0.2, 0) is 22.4 Å². The third-order valence-electron chi connectivity index (χ3n) is 5.06. The molecule has 2 aromatic carbocycles. The van der Waals surface area contributed by atoms with Crippen LogP contribution in [0.5, 0.6) is 11.5 Å². The molecule has 0 atom stereocenters. The zero-order chi connectivity index (χ0) is 21.3. The van der Waals surface area contributed by atoms with Crippen molar-refractivity contribution in [1.29, 1.82) is 0 Å². The van der Waals surface area contributed by atoms with Gasteiger partial charge in [-0.2, -0.15) is 11.8 Å². The van der Waals surface area contributed by atoms with Crippen LogP contribution in [0.15, 0.2) is 42.5 Å². The topological polar surface area (TPSA) is 67.9 Å². The van der Waals surface area contributed by atoms with Gasteiger partial charge in [0.2, 0.25) is 11.8 Å². The van der Waals surface area contributed by atoms with Gasteiger partial charge in [0.15, 0.2) is 11.5 Å². The number of rotatable bonds is 8. The smallest absolute Gasteiger partial charge is 0.227 e. The Morgan fingerprint density at radius 2 is 1.77 bits per heavy atom. The average Bonchev–Trinajstić information content (AvgIpc) is 2.79. The van der Waals surface area contributed by atoms with Crippen molar-refractivity contribution < 1.29 is 19.1 Å². The van der Waals surface area contributed by atoms with Gasteiger partial charge in [-0.25, -0.2) is 0 Å². The monoisotopic (exact) mass is 428 g/mol. The van der Waals surface area contributed by atoms with Gasteiger partial charge >= 0.3 is 0 Å². The number of hydrogen-bond acceptors (Lipinski definition) is 5. The summed E-state index contributed by atoms with van der Waals surface area (Å²) in [5.74, 6) is 3.43. The summed E-state index contributed by atoms with van der Waals surface area (Å²) in [6.07, 6.45) is 1.28. The summed E-state index contributed by atoms with van der Waals surface area (Å²) in [5, 5.41) is 2.91. The Bertz CT molecular complexity index is 864. The number of anilines is 1. The van der Waals surface area contributed by atoms with E-state index in [4.69, 9.17) is 9.47 Å². The van der Waals surface area contributed by atoms with Crippen molar-refractivity contribution in [3.8, 4) is 11.5 Å². The second kappa shape index (κ2) is 10.9. The first-order chi connectivity index (χ1) is 14.6. The number of para-hydroxylation sites is 1. The highest BCUT2D eigenvalue weighted by Gasteiger charge is 2.17. The molecule has 0 aliphatic carbocycles. The zero-order valence-corrected chi connectivity index (χ0v) is 18.3. The fraction of sp³-hybridized carbons (Fsp3) is 0.391. The van der Waals surface area contributed by atoms with E-state index in [1.54, 1.807) is 14.2 Å². The molecule has 2 aromatic rings. The Labute approximate surface area is 181 Å². The fourth-order valence-electron chi connectivity index (χ4n) is 3.43. The maximum Gasteiger partial charge on any atom is 0.227 e. The Morgan fingerprint density at radius 3 is 2.43 bits per heavy atom. The number of amides is 2. The largest absolute Gasteiger partial charge is 0.493 e. The molecule has 7 heteroatoms. The van der Waals surface area contributed by atoms with Crippen LogP contribution in [0.25, 0.3) is 0 Å². The van der Waals surface area contributed by atoms with E-state index in [1.165, 1.54) is 0 Å². The van der Waals surface area contributed by atoms with Gasteiger partial charge in [-0.05, 0) is 35.7 Å². The summed E-state index contributed by atoms with van der Waals surface area (Å²) in [5.41, 5.74) is 2.61. The first-order valence-corrected chi connectivity index (χ1v) is 11.2. The average molecular weight is 429 g/mol. The molecule has 1 heterocycles. The van der Waals surface area contributed by atoms with Crippen molar-refractivity contribution in [2.24, 2.45) is 0 Å². The number of benzene rings is 2. The highest BCUT2D eigenvalue weighted by molar-refractivity contribution is 7.99. The lowest BCUT2D eigenvalue weighted by Gasteiger charge is -2.26. The minimum Gasteiger partial charge on any atom is -0.493 e. The highest BCUT2D eigenvalue weighted by Crippen LogP contribution is 2.31. The Morgan fingerprint density at radius 1 is 1.03 bits per heavy atom. The Kier molecular flexibility index (Phi) is 8.02. The van der Waals surface area contributed by atoms with Gasteiger partial charge in [0.05, 0.1) is 20.6 Å². The van der Waals surface area contributed by atoms with Crippen molar-refractivity contribution >= 4 is 29.3 Å². The van der Waals surface area contributed by atoms with Gasteiger partial charge in [0, 0.05) is 36.7 Å². The Hall–Kier alpha value is -2.67. The third kappa shape index (κ3) is 5.92. The van der Waals surface area contributed by atoms with E-state index in [9.17, 15) is 9.59 Å². The van der Waals surface area contributed by atoms with Crippen LogP contribution in [0.3, 0.4) is 0 Å². The molecule has 0 radical (unpaired) electrons. The molecule has 0 aromatic heterocycles. The molecule has 1 aliphatic heterocycles. The molecule has 1 fully saturated rings. The van der Waals surface area contributed by atoms with Crippen LogP contribution in [0, 0.1) is 0 Å². The number of carbonyl (C=O) groups is 2. The van der Waals surface area contributed by atoms with Gasteiger partial charge in [0.1, 0.15) is 0 Å². The van der Waals surface area contributed by atoms with Crippen LogP contribution in [0.1, 0.15) is 17.5 Å². The number of nitrogens with one attached hydrogen (secondary N) is 1. The predicted octanol–water partition coefficient (Wildman–Crippen LogP) is 3.39. The quantitative estimate of drug-likeness (QED) is 0.698. The van der Waals surface area contributed by atoms with Crippen molar-refractivity contribution in [1.82, 2.24) is 4.90 Å². The fourth-order valence-corrected chi connectivity index (χ4v) is 4.33. The van der Waals surface area contributed by atoms with Gasteiger partial charge < -0.3 is 19.7 Å². The van der Waals surface area contributed by atoms with Gasteiger partial charge in [-0.3, -0.25) is 9.59 Å². The molecule has 0 saturated carbocycles. The summed E-state index contributed by atoms with van der Waals surface area (Å²) in [7, 11) is 3.19. The number of carbonyl (C=O) groups excluding carboxylic acids is 2. The van der Waals surface area contributed by atoms with Crippen molar-refractivity contribution in [3.63, 3.8) is 0 Å². The van der Waals surface area contributed by atoms with Gasteiger partial charge in [-0.1, -0.05) is 24.3 Å². The molecule has 6 nitrogen and oxygen atoms in total. The lowest BCUT2D eigenvalue weighted by Crippen LogP contribution is -2.38. The molecule has 3 rings (SSSR count). The van der Waals surface area contributed by atoms with Gasteiger partial charge in [0.25, 0.3) is 0 Å². The van der Waals surface area contributed by atoms with Crippen molar-refractivity contribution in [2.75, 3.05) is 44.1 Å². The van der Waals surface area contributed by atoms with Crippen LogP contribution in [0.4, 0.5) is 5.69 Å². The van der Waals surface area contributed by atoms with Crippen LogP contribution in [-0.4, -0.2) is 55.5 Å². The Balaban J connectivity index is 1.50. The SMILES string of the molecule is COc1cccc(CCC(=O)Nc2ccc(CC(=O)N3CCSCC3)cc2)c1OC. The normalized spacial score (nSPS) is 13.6. The standard InChI is InChI=1S/C23H28N2O4S/c1-28-20-5-3-4-18(23(20)29-2)8-11-21(26)24-19-9-6-17(7-10-19)16-22(27)25-12-14-30-15-13-25/h3-7,9-10H,8,11-16H2,1-2H3,(H,24,26). The van der Waals surface area contributed by atoms with E-state index in [-0.39, 0.29) is 11.8 Å². The summed E-state index contributed by atoms with van der Waals surface area (Å²) in [4.78, 5) is 26.7. The minimum atomic E-state index is -0.0745. The zero-order valence-electron chi connectivity index (χ0n) is 17.5. The molecule has 1 N–H and O–H groups in total. The summed E-state index contributed by atoms with van der Waals surface area (Å²) < 4.78 is 10.7. The van der Waals surface area contributed by atoms with Crippen molar-refractivity contribution in [3.05, 3.63) is 53.6 Å². The lowest BCUT2D eigenvalue weighted by molar-refractivity contribution is -0.130. The molecular formula is C23H28N2O4S. The lowest BCUT2D eigenvalue weighted by atomic mass is 10.1. The van der Waals surface area contributed by atoms with Crippen LogP contribution < -0.4 is 14.8 Å². The molecule has 0 bridgehead atoms. The molecule has 0 unspecified atom stereocenters. The minimum absolute atomic E-state index is 0.0745. The molecule has 0 spiro atoms. The molecule has 30 heavy (non-hydrogen) atoms. The number of methoxy groups -OCH3 is 2. The second-order valence-corrected chi connectivity index (χ2v) is 8.29. The number of aryl methyl sites for hydroxylation is 1. The number of nitrogens with zero attached hydrogens (tertiary/aromatic N) is 1. The second-order valence-electron chi connectivity index (χ2n) is 7.07. The first kappa shape index (κ1) is 22.0. The molecule has 1 saturated heterocycles. The first-order valence-electron chi connectivity index (χ1n) is 10.0. The summed E-state index contributed by atoms with van der Waals surface area (Å²) >= 11 is 1.89. The van der Waals surface area contributed by atoms with Crippen LogP contribution in [0.2, 0.25) is 0 Å². The highest BCUT2D eigenvalue weighted by atomic mass is 32.2. The van der Waals surface area contributed by atoms with E-state index < -0.39 is 0 Å². The summed E-state index contributed by atoms with van der Waals surface area (Å²) in [6, 6.07) is 13.1. The maximum atomic E-state index is 12.4. The van der Waals surface area contributed by atoms with E-state index in [2.05, 4.69) is 5.32 Å². The summed E-state index contributed by atoms with van der Waals surface area (Å²) in [6.45, 7) is 1.66. The predicted molar refractivity (Wildman–Crippen MR) is 121 cm³/mol. The van der Waals surface area contributed by atoms with E-state index in [0.717, 1.165) is 41.4 Å².